The Morgan fingerprint density at radius 1 is 0.583 bits per heavy atom. The zero-order valence-corrected chi connectivity index (χ0v) is 24.0. The second-order valence-corrected chi connectivity index (χ2v) is 17.4. The van der Waals surface area contributed by atoms with Crippen LogP contribution in [0.25, 0.3) is 53.5 Å². The van der Waals surface area contributed by atoms with Crippen molar-refractivity contribution in [3.05, 3.63) is 83.2 Å². The lowest BCUT2D eigenvalue weighted by molar-refractivity contribution is 1.49. The predicted molar refractivity (Wildman–Crippen MR) is 161 cm³/mol. The fourth-order valence-electron chi connectivity index (χ4n) is 5.49. The molecule has 0 unspecified atom stereocenters. The van der Waals surface area contributed by atoms with Crippen molar-refractivity contribution in [3.8, 4) is 42.4 Å². The SMILES string of the molecule is Cc1ccc2c(c1)[Si](C)(C)c1cc(-c3ccc(-c4ccc(-c5ccc(C)s5)c5nsnc45)s3)ccc1-2. The average Bonchev–Trinajstić information content (AvgIpc) is 3.66. The van der Waals surface area contributed by atoms with Gasteiger partial charge < -0.3 is 0 Å². The summed E-state index contributed by atoms with van der Waals surface area (Å²) in [4.78, 5) is 5.11. The highest BCUT2D eigenvalue weighted by Crippen LogP contribution is 2.41. The minimum absolute atomic E-state index is 1.00. The molecule has 0 spiro atoms. The molecule has 4 heterocycles. The van der Waals surface area contributed by atoms with Crippen molar-refractivity contribution in [1.29, 1.82) is 0 Å². The van der Waals surface area contributed by atoms with Crippen LogP contribution >= 0.6 is 34.4 Å². The maximum atomic E-state index is 4.71. The zero-order valence-electron chi connectivity index (χ0n) is 20.5. The Labute approximate surface area is 224 Å². The number of benzene rings is 3. The standard InChI is InChI=1S/C30H24N2S3Si/c1-17-5-8-20-21-9-7-19(16-28(21)36(3,4)27(20)15-17)24-13-14-26(34-24)23-11-10-22(25-12-6-18(2)33-25)29-30(23)32-35-31-29/h5-16H,1-4H3. The van der Waals surface area contributed by atoms with Gasteiger partial charge in [-0.2, -0.15) is 8.75 Å². The summed E-state index contributed by atoms with van der Waals surface area (Å²) in [5, 5.41) is 3.12. The topological polar surface area (TPSA) is 25.8 Å². The Hall–Kier alpha value is -2.90. The van der Waals surface area contributed by atoms with E-state index in [-0.39, 0.29) is 0 Å². The van der Waals surface area contributed by atoms with E-state index in [2.05, 4.69) is 104 Å². The van der Waals surface area contributed by atoms with E-state index >= 15 is 0 Å². The maximum Gasteiger partial charge on any atom is 0.114 e. The van der Waals surface area contributed by atoms with Crippen molar-refractivity contribution in [3.63, 3.8) is 0 Å². The van der Waals surface area contributed by atoms with Crippen LogP contribution in [0.4, 0.5) is 0 Å². The molecule has 1 aliphatic heterocycles. The molecule has 0 atom stereocenters. The molecule has 0 radical (unpaired) electrons. The molecule has 2 nitrogen and oxygen atoms in total. The molecule has 3 aromatic heterocycles. The van der Waals surface area contributed by atoms with Crippen LogP contribution in [0.1, 0.15) is 10.4 Å². The normalized spacial score (nSPS) is 13.8. The highest BCUT2D eigenvalue weighted by molar-refractivity contribution is 7.19. The zero-order chi connectivity index (χ0) is 24.6. The van der Waals surface area contributed by atoms with Crippen LogP contribution in [-0.2, 0) is 0 Å². The molecule has 0 N–H and O–H groups in total. The lowest BCUT2D eigenvalue weighted by atomic mass is 10.0. The molecule has 0 fully saturated rings. The fraction of sp³-hybridized carbons (Fsp3) is 0.133. The van der Waals surface area contributed by atoms with Gasteiger partial charge in [0.1, 0.15) is 19.1 Å². The summed E-state index contributed by atoms with van der Waals surface area (Å²) in [6, 6.07) is 27.4. The van der Waals surface area contributed by atoms with Gasteiger partial charge in [0, 0.05) is 30.6 Å². The largest absolute Gasteiger partial charge is 0.172 e. The van der Waals surface area contributed by atoms with Crippen molar-refractivity contribution in [2.75, 3.05) is 0 Å². The van der Waals surface area contributed by atoms with Gasteiger partial charge in [-0.25, -0.2) is 0 Å². The molecule has 3 aromatic carbocycles. The first-order valence-corrected chi connectivity index (χ1v) is 17.5. The predicted octanol–water partition coefficient (Wildman–Crippen LogP) is 8.24. The van der Waals surface area contributed by atoms with Crippen LogP contribution in [0.15, 0.2) is 72.8 Å². The summed E-state index contributed by atoms with van der Waals surface area (Å²) >= 11 is 4.96. The van der Waals surface area contributed by atoms with E-state index < -0.39 is 8.07 Å². The minimum Gasteiger partial charge on any atom is -0.172 e. The van der Waals surface area contributed by atoms with E-state index in [1.54, 1.807) is 10.4 Å². The van der Waals surface area contributed by atoms with Gasteiger partial charge in [-0.1, -0.05) is 67.2 Å². The van der Waals surface area contributed by atoms with Gasteiger partial charge in [0.25, 0.3) is 0 Å². The van der Waals surface area contributed by atoms with Gasteiger partial charge >= 0.3 is 0 Å². The third-order valence-corrected chi connectivity index (χ3v) is 13.7. The number of nitrogens with zero attached hydrogens (tertiary/aromatic N) is 2. The van der Waals surface area contributed by atoms with Gasteiger partial charge in [0.15, 0.2) is 0 Å². The molecular formula is C30H24N2S3Si. The van der Waals surface area contributed by atoms with Crippen LogP contribution in [0.5, 0.6) is 0 Å². The Morgan fingerprint density at radius 3 is 1.86 bits per heavy atom. The van der Waals surface area contributed by atoms with Crippen LogP contribution in [0, 0.1) is 13.8 Å². The molecule has 0 aliphatic carbocycles. The van der Waals surface area contributed by atoms with Gasteiger partial charge in [0.05, 0.1) is 11.7 Å². The molecule has 0 amide bonds. The van der Waals surface area contributed by atoms with Crippen molar-refractivity contribution in [2.45, 2.75) is 26.9 Å². The number of hydrogen-bond acceptors (Lipinski definition) is 5. The quantitative estimate of drug-likeness (QED) is 0.213. The number of fused-ring (bicyclic) bond motifs is 4. The third kappa shape index (κ3) is 3.32. The molecule has 36 heavy (non-hydrogen) atoms. The van der Waals surface area contributed by atoms with Crippen molar-refractivity contribution in [2.24, 2.45) is 0 Å². The molecule has 7 rings (SSSR count). The van der Waals surface area contributed by atoms with E-state index in [1.165, 1.54) is 64.6 Å². The van der Waals surface area contributed by atoms with E-state index in [1.807, 2.05) is 22.7 Å². The molecule has 6 heteroatoms. The van der Waals surface area contributed by atoms with Crippen LogP contribution in [-0.4, -0.2) is 16.8 Å². The van der Waals surface area contributed by atoms with Gasteiger partial charge in [-0.05, 0) is 65.2 Å². The molecule has 0 saturated heterocycles. The number of thiophene rings is 2. The molecule has 0 saturated carbocycles. The van der Waals surface area contributed by atoms with Gasteiger partial charge in [-0.15, -0.1) is 22.7 Å². The Morgan fingerprint density at radius 2 is 1.17 bits per heavy atom. The highest BCUT2D eigenvalue weighted by atomic mass is 32.1. The van der Waals surface area contributed by atoms with E-state index in [0.717, 1.165) is 11.0 Å². The first-order valence-electron chi connectivity index (χ1n) is 12.1. The summed E-state index contributed by atoms with van der Waals surface area (Å²) < 4.78 is 9.40. The van der Waals surface area contributed by atoms with Crippen molar-refractivity contribution >= 4 is 63.9 Å². The first kappa shape index (κ1) is 22.3. The monoisotopic (exact) mass is 536 g/mol. The number of rotatable bonds is 3. The van der Waals surface area contributed by atoms with E-state index in [4.69, 9.17) is 4.37 Å². The second kappa shape index (κ2) is 8.05. The summed E-state index contributed by atoms with van der Waals surface area (Å²) in [5.41, 5.74) is 9.89. The molecule has 1 aliphatic rings. The van der Waals surface area contributed by atoms with Crippen LogP contribution < -0.4 is 10.4 Å². The molecule has 176 valence electrons. The lowest BCUT2D eigenvalue weighted by Crippen LogP contribution is -2.49. The second-order valence-electron chi connectivity index (χ2n) is 10.1. The van der Waals surface area contributed by atoms with Gasteiger partial charge in [-0.3, -0.25) is 0 Å². The third-order valence-electron chi connectivity index (χ3n) is 7.41. The average molecular weight is 537 g/mol. The maximum absolute atomic E-state index is 4.71. The lowest BCUT2D eigenvalue weighted by Gasteiger charge is -2.19. The van der Waals surface area contributed by atoms with Crippen molar-refractivity contribution < 1.29 is 0 Å². The molecule has 6 aromatic rings. The van der Waals surface area contributed by atoms with Gasteiger partial charge in [0.2, 0.25) is 0 Å². The number of hydrogen-bond donors (Lipinski definition) is 0. The van der Waals surface area contributed by atoms with E-state index in [0.29, 0.717) is 0 Å². The smallest absolute Gasteiger partial charge is 0.114 e. The highest BCUT2D eigenvalue weighted by Gasteiger charge is 2.37. The molecular weight excluding hydrogens is 513 g/mol. The Bertz CT molecular complexity index is 1800. The summed E-state index contributed by atoms with van der Waals surface area (Å²) in [6.45, 7) is 9.33. The summed E-state index contributed by atoms with van der Waals surface area (Å²) in [5.74, 6) is 0. The summed E-state index contributed by atoms with van der Waals surface area (Å²) in [6.07, 6.45) is 0. The van der Waals surface area contributed by atoms with E-state index in [9.17, 15) is 0 Å². The summed E-state index contributed by atoms with van der Waals surface area (Å²) in [7, 11) is -1.71. The van der Waals surface area contributed by atoms with Crippen molar-refractivity contribution in [1.82, 2.24) is 8.75 Å². The Kier molecular flexibility index (Phi) is 4.99. The molecule has 0 bridgehead atoms. The Balaban J connectivity index is 1.29. The van der Waals surface area contributed by atoms with Crippen LogP contribution in [0.3, 0.4) is 0 Å². The number of aromatic nitrogens is 2. The first-order chi connectivity index (χ1) is 17.4. The minimum atomic E-state index is -1.71. The number of aryl methyl sites for hydroxylation is 2. The van der Waals surface area contributed by atoms with Crippen LogP contribution in [0.2, 0.25) is 13.1 Å². The fourth-order valence-corrected chi connectivity index (χ4v) is 11.2.